The van der Waals surface area contributed by atoms with Gasteiger partial charge in [0.1, 0.15) is 5.75 Å². The number of aryl methyl sites for hydroxylation is 1. The second kappa shape index (κ2) is 4.09. The summed E-state index contributed by atoms with van der Waals surface area (Å²) in [5.41, 5.74) is 2.11. The Labute approximate surface area is 72.7 Å². The smallest absolute Gasteiger partial charge is 0.115 e. The maximum Gasteiger partial charge on any atom is 0.115 e. The number of aromatic hydroxyl groups is 1. The molecule has 0 aliphatic carbocycles. The fraction of sp³-hybridized carbons (Fsp3) is 0.250. The molecule has 62 valence electrons. The Morgan fingerprint density at radius 2 is 2.00 bits per heavy atom. The van der Waals surface area contributed by atoms with E-state index in [0.717, 1.165) is 11.3 Å². The Morgan fingerprint density at radius 3 is 2.45 bits per heavy atom. The third-order valence-corrected chi connectivity index (χ3v) is 1.48. The van der Waals surface area contributed by atoms with Crippen molar-refractivity contribution in [2.75, 3.05) is 12.4 Å². The molecule has 0 heterocycles. The van der Waals surface area contributed by atoms with Crippen molar-refractivity contribution in [3.8, 4) is 5.75 Å². The zero-order chi connectivity index (χ0) is 7.56. The minimum absolute atomic E-state index is 0. The summed E-state index contributed by atoms with van der Waals surface area (Å²) in [6.07, 6.45) is 0. The molecule has 2 nitrogen and oxygen atoms in total. The van der Waals surface area contributed by atoms with E-state index in [2.05, 4.69) is 5.32 Å². The SMILES string of the molecule is CNc1ccc(O)cc1C.Cl. The van der Waals surface area contributed by atoms with Crippen LogP contribution in [0, 0.1) is 6.92 Å². The molecule has 2 N–H and O–H groups in total. The monoisotopic (exact) mass is 173 g/mol. The second-order valence-corrected chi connectivity index (χ2v) is 2.25. The van der Waals surface area contributed by atoms with Gasteiger partial charge < -0.3 is 10.4 Å². The molecule has 0 aliphatic heterocycles. The summed E-state index contributed by atoms with van der Waals surface area (Å²) >= 11 is 0. The van der Waals surface area contributed by atoms with E-state index in [1.807, 2.05) is 20.0 Å². The van der Waals surface area contributed by atoms with Crippen LogP contribution in [-0.2, 0) is 0 Å². The molecule has 0 saturated carbocycles. The minimum atomic E-state index is 0. The van der Waals surface area contributed by atoms with E-state index in [1.165, 1.54) is 0 Å². The molecule has 1 rings (SSSR count). The number of phenolic OH excluding ortho intramolecular Hbond substituents is 1. The van der Waals surface area contributed by atoms with Gasteiger partial charge in [0, 0.05) is 12.7 Å². The summed E-state index contributed by atoms with van der Waals surface area (Å²) in [6.45, 7) is 1.95. The number of rotatable bonds is 1. The average molecular weight is 174 g/mol. The van der Waals surface area contributed by atoms with Gasteiger partial charge in [0.05, 0.1) is 0 Å². The van der Waals surface area contributed by atoms with E-state index in [0.29, 0.717) is 5.75 Å². The topological polar surface area (TPSA) is 32.3 Å². The molecule has 11 heavy (non-hydrogen) atoms. The van der Waals surface area contributed by atoms with Crippen molar-refractivity contribution in [1.29, 1.82) is 0 Å². The first-order chi connectivity index (χ1) is 4.74. The van der Waals surface area contributed by atoms with Crippen molar-refractivity contribution in [2.24, 2.45) is 0 Å². The summed E-state index contributed by atoms with van der Waals surface area (Å²) in [7, 11) is 1.86. The molecule has 3 heteroatoms. The minimum Gasteiger partial charge on any atom is -0.508 e. The highest BCUT2D eigenvalue weighted by atomic mass is 35.5. The van der Waals surface area contributed by atoms with Crippen molar-refractivity contribution in [2.45, 2.75) is 6.92 Å². The van der Waals surface area contributed by atoms with E-state index >= 15 is 0 Å². The average Bonchev–Trinajstić information content (AvgIpc) is 1.88. The maximum absolute atomic E-state index is 9.01. The number of hydrogen-bond acceptors (Lipinski definition) is 2. The van der Waals surface area contributed by atoms with Crippen LogP contribution >= 0.6 is 12.4 Å². The molecule has 0 atom stereocenters. The first-order valence-electron chi connectivity index (χ1n) is 3.21. The summed E-state index contributed by atoms with van der Waals surface area (Å²) in [5, 5.41) is 12.0. The Kier molecular flexibility index (Phi) is 3.76. The number of anilines is 1. The predicted molar refractivity (Wildman–Crippen MR) is 49.6 cm³/mol. The Bertz CT molecular complexity index is 238. The molecule has 0 aromatic heterocycles. The van der Waals surface area contributed by atoms with Gasteiger partial charge in [0.25, 0.3) is 0 Å². The van der Waals surface area contributed by atoms with Gasteiger partial charge in [-0.05, 0) is 30.7 Å². The third-order valence-electron chi connectivity index (χ3n) is 1.48. The number of nitrogens with one attached hydrogen (secondary N) is 1. The standard InChI is InChI=1S/C8H11NO.ClH/c1-6-5-7(10)3-4-8(6)9-2;/h3-5,9-10H,1-2H3;1H. The number of phenols is 1. The molecule has 0 amide bonds. The number of benzene rings is 1. The van der Waals surface area contributed by atoms with E-state index < -0.39 is 0 Å². The van der Waals surface area contributed by atoms with Crippen LogP contribution in [0.1, 0.15) is 5.56 Å². The Morgan fingerprint density at radius 1 is 1.36 bits per heavy atom. The normalized spacial score (nSPS) is 8.55. The molecule has 1 aromatic rings. The molecule has 1 aromatic carbocycles. The molecule has 0 unspecified atom stereocenters. The fourth-order valence-electron chi connectivity index (χ4n) is 0.928. The van der Waals surface area contributed by atoms with Crippen molar-refractivity contribution in [1.82, 2.24) is 0 Å². The summed E-state index contributed by atoms with van der Waals surface area (Å²) in [5.74, 6) is 0.316. The molecular weight excluding hydrogens is 162 g/mol. The molecule has 0 aliphatic rings. The van der Waals surface area contributed by atoms with Gasteiger partial charge in [-0.2, -0.15) is 0 Å². The highest BCUT2D eigenvalue weighted by Crippen LogP contribution is 2.18. The van der Waals surface area contributed by atoms with Crippen LogP contribution < -0.4 is 5.32 Å². The predicted octanol–water partition coefficient (Wildman–Crippen LogP) is 2.16. The summed E-state index contributed by atoms with van der Waals surface area (Å²) < 4.78 is 0. The number of halogens is 1. The molecule has 0 saturated heterocycles. The lowest BCUT2D eigenvalue weighted by Gasteiger charge is -2.03. The van der Waals surface area contributed by atoms with Gasteiger partial charge in [0.2, 0.25) is 0 Å². The van der Waals surface area contributed by atoms with Crippen LogP contribution in [0.25, 0.3) is 0 Å². The molecule has 0 radical (unpaired) electrons. The van der Waals surface area contributed by atoms with Gasteiger partial charge in [-0.25, -0.2) is 0 Å². The van der Waals surface area contributed by atoms with Gasteiger partial charge >= 0.3 is 0 Å². The first-order valence-corrected chi connectivity index (χ1v) is 3.21. The van der Waals surface area contributed by atoms with Crippen LogP contribution in [-0.4, -0.2) is 12.2 Å². The fourth-order valence-corrected chi connectivity index (χ4v) is 0.928. The van der Waals surface area contributed by atoms with E-state index in [9.17, 15) is 0 Å². The lowest BCUT2D eigenvalue weighted by atomic mass is 10.2. The zero-order valence-corrected chi connectivity index (χ0v) is 7.40. The summed E-state index contributed by atoms with van der Waals surface area (Å²) in [4.78, 5) is 0. The molecule has 0 spiro atoms. The molecule has 0 bridgehead atoms. The maximum atomic E-state index is 9.01. The van der Waals surface area contributed by atoms with Gasteiger partial charge in [-0.15, -0.1) is 12.4 Å². The Hall–Kier alpha value is -0.890. The van der Waals surface area contributed by atoms with Crippen LogP contribution in [0.3, 0.4) is 0 Å². The van der Waals surface area contributed by atoms with Crippen LogP contribution in [0.15, 0.2) is 18.2 Å². The highest BCUT2D eigenvalue weighted by molar-refractivity contribution is 5.85. The highest BCUT2D eigenvalue weighted by Gasteiger charge is 1.94. The largest absolute Gasteiger partial charge is 0.508 e. The summed E-state index contributed by atoms with van der Waals surface area (Å²) in [6, 6.07) is 5.25. The zero-order valence-electron chi connectivity index (χ0n) is 6.59. The van der Waals surface area contributed by atoms with Crippen molar-refractivity contribution in [3.63, 3.8) is 0 Å². The molecular formula is C8H12ClNO. The van der Waals surface area contributed by atoms with Gasteiger partial charge in [0.15, 0.2) is 0 Å². The van der Waals surface area contributed by atoms with Crippen molar-refractivity contribution < 1.29 is 5.11 Å². The quantitative estimate of drug-likeness (QED) is 0.638. The van der Waals surface area contributed by atoms with Gasteiger partial charge in [-0.1, -0.05) is 0 Å². The van der Waals surface area contributed by atoms with E-state index in [1.54, 1.807) is 12.1 Å². The third kappa shape index (κ3) is 2.31. The van der Waals surface area contributed by atoms with Crippen LogP contribution in [0.5, 0.6) is 5.75 Å². The van der Waals surface area contributed by atoms with Gasteiger partial charge in [-0.3, -0.25) is 0 Å². The van der Waals surface area contributed by atoms with E-state index in [4.69, 9.17) is 5.11 Å². The Balaban J connectivity index is 0.000001000. The molecule has 0 fully saturated rings. The van der Waals surface area contributed by atoms with Crippen molar-refractivity contribution in [3.05, 3.63) is 23.8 Å². The van der Waals surface area contributed by atoms with Crippen LogP contribution in [0.2, 0.25) is 0 Å². The first kappa shape index (κ1) is 10.1. The van der Waals surface area contributed by atoms with Crippen molar-refractivity contribution >= 4 is 18.1 Å². The van der Waals surface area contributed by atoms with Crippen LogP contribution in [0.4, 0.5) is 5.69 Å². The second-order valence-electron chi connectivity index (χ2n) is 2.25. The lowest BCUT2D eigenvalue weighted by molar-refractivity contribution is 0.475. The van der Waals surface area contributed by atoms with E-state index in [-0.39, 0.29) is 12.4 Å². The number of hydrogen-bond donors (Lipinski definition) is 2. The lowest BCUT2D eigenvalue weighted by Crippen LogP contribution is -1.89.